The summed E-state index contributed by atoms with van der Waals surface area (Å²) in [6.45, 7) is -0.0157. The Morgan fingerprint density at radius 2 is 2.16 bits per heavy atom. The van der Waals surface area contributed by atoms with Gasteiger partial charge in [0.05, 0.1) is 5.69 Å². The second-order valence-electron chi connectivity index (χ2n) is 4.78. The lowest BCUT2D eigenvalue weighted by molar-refractivity contribution is 0.213. The Morgan fingerprint density at radius 1 is 1.42 bits per heavy atom. The van der Waals surface area contributed by atoms with Gasteiger partial charge in [-0.1, -0.05) is 18.0 Å². The minimum absolute atomic E-state index is 0.0106. The van der Waals surface area contributed by atoms with Crippen molar-refractivity contribution in [2.45, 2.75) is 30.2 Å². The van der Waals surface area contributed by atoms with Gasteiger partial charge in [-0.05, 0) is 37.0 Å². The van der Waals surface area contributed by atoms with Gasteiger partial charge >= 0.3 is 0 Å². The van der Waals surface area contributed by atoms with E-state index in [9.17, 15) is 13.5 Å². The van der Waals surface area contributed by atoms with Crippen molar-refractivity contribution in [1.29, 1.82) is 0 Å². The highest BCUT2D eigenvalue weighted by Gasteiger charge is 2.31. The molecule has 0 radical (unpaired) electrons. The fourth-order valence-electron chi connectivity index (χ4n) is 2.41. The molecule has 1 aromatic carbocycles. The van der Waals surface area contributed by atoms with Crippen molar-refractivity contribution in [2.24, 2.45) is 5.92 Å². The van der Waals surface area contributed by atoms with E-state index in [1.165, 1.54) is 12.1 Å². The van der Waals surface area contributed by atoms with E-state index < -0.39 is 10.0 Å². The molecule has 0 aromatic heterocycles. The summed E-state index contributed by atoms with van der Waals surface area (Å²) < 4.78 is 27.2. The van der Waals surface area contributed by atoms with E-state index in [1.54, 1.807) is 6.07 Å². The van der Waals surface area contributed by atoms with Crippen LogP contribution in [0.15, 0.2) is 23.1 Å². The Hall–Kier alpha value is -0.820. The third kappa shape index (κ3) is 3.20. The Bertz CT molecular complexity index is 562. The maximum Gasteiger partial charge on any atom is 0.242 e. The lowest BCUT2D eigenvalue weighted by Gasteiger charge is -2.19. The lowest BCUT2D eigenvalue weighted by Crippen LogP contribution is -2.38. The molecule has 106 valence electrons. The van der Waals surface area contributed by atoms with Crippen LogP contribution in [0.5, 0.6) is 0 Å². The summed E-state index contributed by atoms with van der Waals surface area (Å²) in [5, 5.41) is 9.54. The number of aliphatic hydroxyl groups is 1. The van der Waals surface area contributed by atoms with Crippen molar-refractivity contribution in [3.05, 3.63) is 23.2 Å². The zero-order valence-corrected chi connectivity index (χ0v) is 11.9. The fourth-order valence-corrected chi connectivity index (χ4v) is 4.15. The smallest absolute Gasteiger partial charge is 0.242 e. The highest BCUT2D eigenvalue weighted by molar-refractivity contribution is 7.89. The SMILES string of the molecule is Nc1ccc(Cl)cc1S(=O)(=O)NC1CCCC1CO. The number of anilines is 1. The molecule has 19 heavy (non-hydrogen) atoms. The number of halogens is 1. The van der Waals surface area contributed by atoms with Crippen molar-refractivity contribution < 1.29 is 13.5 Å². The van der Waals surface area contributed by atoms with Crippen LogP contribution in [-0.4, -0.2) is 26.2 Å². The number of aliphatic hydroxyl groups excluding tert-OH is 1. The topological polar surface area (TPSA) is 92.4 Å². The van der Waals surface area contributed by atoms with Crippen molar-refractivity contribution >= 4 is 27.3 Å². The second kappa shape index (κ2) is 5.66. The predicted octanol–water partition coefficient (Wildman–Crippen LogP) is 1.36. The minimum Gasteiger partial charge on any atom is -0.398 e. The first-order chi connectivity index (χ1) is 8.94. The number of benzene rings is 1. The molecule has 0 bridgehead atoms. The average Bonchev–Trinajstić information content (AvgIpc) is 2.78. The molecule has 1 aliphatic rings. The molecular formula is C12H17ClN2O3S. The second-order valence-corrected chi connectivity index (χ2v) is 6.90. The molecule has 0 amide bonds. The molecule has 2 rings (SSSR count). The largest absolute Gasteiger partial charge is 0.398 e. The molecule has 1 fully saturated rings. The van der Waals surface area contributed by atoms with E-state index in [2.05, 4.69) is 4.72 Å². The van der Waals surface area contributed by atoms with Gasteiger partial charge in [0, 0.05) is 17.7 Å². The van der Waals surface area contributed by atoms with Gasteiger partial charge in [0.1, 0.15) is 4.90 Å². The number of nitrogens with one attached hydrogen (secondary N) is 1. The van der Waals surface area contributed by atoms with Crippen LogP contribution in [0.4, 0.5) is 5.69 Å². The van der Waals surface area contributed by atoms with Gasteiger partial charge in [-0.25, -0.2) is 13.1 Å². The van der Waals surface area contributed by atoms with Crippen LogP contribution in [0.25, 0.3) is 0 Å². The van der Waals surface area contributed by atoms with Crippen LogP contribution >= 0.6 is 11.6 Å². The zero-order valence-electron chi connectivity index (χ0n) is 10.3. The first kappa shape index (κ1) is 14.6. The molecule has 1 aromatic rings. The molecule has 0 spiro atoms. The molecule has 1 saturated carbocycles. The van der Waals surface area contributed by atoms with Crippen molar-refractivity contribution in [3.63, 3.8) is 0 Å². The normalized spacial score (nSPS) is 23.7. The van der Waals surface area contributed by atoms with E-state index >= 15 is 0 Å². The van der Waals surface area contributed by atoms with Crippen molar-refractivity contribution in [1.82, 2.24) is 4.72 Å². The van der Waals surface area contributed by atoms with Crippen LogP contribution in [-0.2, 0) is 10.0 Å². The zero-order chi connectivity index (χ0) is 14.0. The van der Waals surface area contributed by atoms with Gasteiger partial charge in [-0.3, -0.25) is 0 Å². The summed E-state index contributed by atoms with van der Waals surface area (Å²) in [5.74, 6) is -0.0322. The summed E-state index contributed by atoms with van der Waals surface area (Å²) in [4.78, 5) is -0.0106. The van der Waals surface area contributed by atoms with E-state index in [0.717, 1.165) is 19.3 Å². The number of hydrogen-bond donors (Lipinski definition) is 3. The molecule has 2 atom stereocenters. The number of hydrogen-bond acceptors (Lipinski definition) is 4. The van der Waals surface area contributed by atoms with E-state index in [1.807, 2.05) is 0 Å². The van der Waals surface area contributed by atoms with Gasteiger partial charge in [0.25, 0.3) is 0 Å². The summed E-state index contributed by atoms with van der Waals surface area (Å²) in [6, 6.07) is 4.10. The van der Waals surface area contributed by atoms with Crippen LogP contribution in [0, 0.1) is 5.92 Å². The minimum atomic E-state index is -3.71. The first-order valence-electron chi connectivity index (χ1n) is 6.12. The molecule has 1 aliphatic carbocycles. The van der Waals surface area contributed by atoms with Gasteiger partial charge in [-0.2, -0.15) is 0 Å². The third-order valence-electron chi connectivity index (χ3n) is 3.47. The monoisotopic (exact) mass is 304 g/mol. The molecule has 0 aliphatic heterocycles. The molecule has 0 heterocycles. The lowest BCUT2D eigenvalue weighted by atomic mass is 10.1. The summed E-state index contributed by atoms with van der Waals surface area (Å²) >= 11 is 5.81. The predicted molar refractivity (Wildman–Crippen MR) is 74.4 cm³/mol. The fraction of sp³-hybridized carbons (Fsp3) is 0.500. The van der Waals surface area contributed by atoms with Gasteiger partial charge < -0.3 is 10.8 Å². The highest BCUT2D eigenvalue weighted by atomic mass is 35.5. The number of rotatable bonds is 4. The van der Waals surface area contributed by atoms with Gasteiger partial charge in [-0.15, -0.1) is 0 Å². The Balaban J connectivity index is 2.25. The quantitative estimate of drug-likeness (QED) is 0.732. The summed E-state index contributed by atoms with van der Waals surface area (Å²) in [5.41, 5.74) is 5.85. The average molecular weight is 305 g/mol. The standard InChI is InChI=1S/C12H17ClN2O3S/c13-9-4-5-10(14)12(6-9)19(17,18)15-11-3-1-2-8(11)7-16/h4-6,8,11,15-16H,1-3,7,14H2. The van der Waals surface area contributed by atoms with Crippen LogP contribution in [0.2, 0.25) is 5.02 Å². The van der Waals surface area contributed by atoms with Crippen LogP contribution in [0.3, 0.4) is 0 Å². The maximum atomic E-state index is 12.3. The number of nitrogen functional groups attached to an aromatic ring is 1. The summed E-state index contributed by atoms with van der Waals surface area (Å²) in [6.07, 6.45) is 2.46. The van der Waals surface area contributed by atoms with Gasteiger partial charge in [0.15, 0.2) is 0 Å². The van der Waals surface area contributed by atoms with Crippen molar-refractivity contribution in [2.75, 3.05) is 12.3 Å². The molecule has 7 heteroatoms. The molecular weight excluding hydrogens is 288 g/mol. The van der Waals surface area contributed by atoms with Crippen LogP contribution < -0.4 is 10.5 Å². The summed E-state index contributed by atoms with van der Waals surface area (Å²) in [7, 11) is -3.71. The Kier molecular flexibility index (Phi) is 4.35. The number of sulfonamides is 1. The highest BCUT2D eigenvalue weighted by Crippen LogP contribution is 2.28. The van der Waals surface area contributed by atoms with E-state index in [4.69, 9.17) is 17.3 Å². The van der Waals surface area contributed by atoms with Crippen molar-refractivity contribution in [3.8, 4) is 0 Å². The first-order valence-corrected chi connectivity index (χ1v) is 7.98. The van der Waals surface area contributed by atoms with E-state index in [0.29, 0.717) is 5.02 Å². The third-order valence-corrected chi connectivity index (χ3v) is 5.25. The number of nitrogens with two attached hydrogens (primary N) is 1. The van der Waals surface area contributed by atoms with Gasteiger partial charge in [0.2, 0.25) is 10.0 Å². The Labute approximate surface area is 117 Å². The molecule has 0 saturated heterocycles. The maximum absolute atomic E-state index is 12.3. The van der Waals surface area contributed by atoms with Crippen LogP contribution in [0.1, 0.15) is 19.3 Å². The van der Waals surface area contributed by atoms with E-state index in [-0.39, 0.29) is 29.1 Å². The Morgan fingerprint density at radius 3 is 2.84 bits per heavy atom. The molecule has 5 nitrogen and oxygen atoms in total. The molecule has 4 N–H and O–H groups in total. The molecule has 2 unspecified atom stereocenters.